The molecule has 26 heavy (non-hydrogen) atoms. The Morgan fingerprint density at radius 1 is 1.04 bits per heavy atom. The van der Waals surface area contributed by atoms with Gasteiger partial charge in [-0.25, -0.2) is 0 Å². The van der Waals surface area contributed by atoms with Crippen molar-refractivity contribution in [2.45, 2.75) is 32.1 Å². The SMILES string of the molecule is NCC(=O)NCC(=O)NCCCCN1CCC(Cc2ccccc2)CC1. The molecule has 1 heterocycles. The molecule has 2 rings (SSSR count). The molecular weight excluding hydrogens is 328 g/mol. The first-order valence-electron chi connectivity index (χ1n) is 9.67. The summed E-state index contributed by atoms with van der Waals surface area (Å²) in [6.45, 7) is 4.02. The number of likely N-dealkylation sites (tertiary alicyclic amines) is 1. The maximum atomic E-state index is 11.5. The zero-order chi connectivity index (χ0) is 18.6. The molecule has 1 aliphatic rings. The second kappa shape index (κ2) is 11.6. The van der Waals surface area contributed by atoms with Crippen molar-refractivity contribution in [2.75, 3.05) is 39.3 Å². The van der Waals surface area contributed by atoms with Crippen molar-refractivity contribution in [1.29, 1.82) is 0 Å². The molecular formula is C20H32N4O2. The molecule has 4 N–H and O–H groups in total. The molecule has 144 valence electrons. The zero-order valence-electron chi connectivity index (χ0n) is 15.6. The van der Waals surface area contributed by atoms with Crippen LogP contribution in [0.5, 0.6) is 0 Å². The topological polar surface area (TPSA) is 87.5 Å². The van der Waals surface area contributed by atoms with Crippen LogP contribution >= 0.6 is 0 Å². The Hall–Kier alpha value is -1.92. The van der Waals surface area contributed by atoms with E-state index in [0.717, 1.165) is 25.3 Å². The van der Waals surface area contributed by atoms with Crippen LogP contribution in [0.3, 0.4) is 0 Å². The number of nitrogens with one attached hydrogen (secondary N) is 2. The molecule has 6 nitrogen and oxygen atoms in total. The monoisotopic (exact) mass is 360 g/mol. The Morgan fingerprint density at radius 2 is 1.77 bits per heavy atom. The molecule has 1 aliphatic heterocycles. The second-order valence-electron chi connectivity index (χ2n) is 7.01. The minimum Gasteiger partial charge on any atom is -0.355 e. The first-order valence-corrected chi connectivity index (χ1v) is 9.67. The number of unbranched alkanes of at least 4 members (excludes halogenated alkanes) is 1. The summed E-state index contributed by atoms with van der Waals surface area (Å²) in [6, 6.07) is 10.8. The molecule has 0 bridgehead atoms. The third-order valence-electron chi connectivity index (χ3n) is 4.93. The number of rotatable bonds is 10. The van der Waals surface area contributed by atoms with Gasteiger partial charge in [0.15, 0.2) is 0 Å². The Labute approximate surface area is 156 Å². The molecule has 0 saturated carbocycles. The van der Waals surface area contributed by atoms with Crippen LogP contribution in [0.4, 0.5) is 0 Å². The van der Waals surface area contributed by atoms with Crippen LogP contribution in [-0.2, 0) is 16.0 Å². The van der Waals surface area contributed by atoms with E-state index in [1.54, 1.807) is 0 Å². The Balaban J connectivity index is 1.48. The number of nitrogens with two attached hydrogens (primary N) is 1. The summed E-state index contributed by atoms with van der Waals surface area (Å²) < 4.78 is 0. The largest absolute Gasteiger partial charge is 0.355 e. The minimum absolute atomic E-state index is 0.00492. The normalized spacial score (nSPS) is 15.6. The molecule has 1 saturated heterocycles. The van der Waals surface area contributed by atoms with Gasteiger partial charge < -0.3 is 21.3 Å². The summed E-state index contributed by atoms with van der Waals surface area (Å²) in [4.78, 5) is 25.0. The molecule has 0 aromatic heterocycles. The fourth-order valence-corrected chi connectivity index (χ4v) is 3.36. The molecule has 0 radical (unpaired) electrons. The van der Waals surface area contributed by atoms with Crippen molar-refractivity contribution in [3.63, 3.8) is 0 Å². The summed E-state index contributed by atoms with van der Waals surface area (Å²) >= 11 is 0. The first kappa shape index (κ1) is 20.4. The standard InChI is InChI=1S/C20H32N4O2/c21-15-19(25)23-16-20(26)22-10-4-5-11-24-12-8-18(9-13-24)14-17-6-2-1-3-7-17/h1-3,6-7,18H,4-5,8-16,21H2,(H,22,26)(H,23,25). The molecule has 0 unspecified atom stereocenters. The van der Waals surface area contributed by atoms with E-state index >= 15 is 0 Å². The van der Waals surface area contributed by atoms with Crippen molar-refractivity contribution in [1.82, 2.24) is 15.5 Å². The molecule has 2 amide bonds. The number of hydrogen-bond acceptors (Lipinski definition) is 4. The van der Waals surface area contributed by atoms with Crippen molar-refractivity contribution >= 4 is 11.8 Å². The average molecular weight is 361 g/mol. The summed E-state index contributed by atoms with van der Waals surface area (Å²) in [5.74, 6) is 0.334. The molecule has 1 aromatic carbocycles. The summed E-state index contributed by atoms with van der Waals surface area (Å²) in [6.07, 6.45) is 5.78. The molecule has 6 heteroatoms. The number of benzene rings is 1. The van der Waals surface area contributed by atoms with E-state index in [4.69, 9.17) is 5.73 Å². The second-order valence-corrected chi connectivity index (χ2v) is 7.01. The van der Waals surface area contributed by atoms with Crippen LogP contribution < -0.4 is 16.4 Å². The Kier molecular flexibility index (Phi) is 9.14. The molecule has 1 aromatic rings. The van der Waals surface area contributed by atoms with Crippen LogP contribution in [-0.4, -0.2) is 56.0 Å². The predicted molar refractivity (Wildman–Crippen MR) is 104 cm³/mol. The molecule has 0 aliphatic carbocycles. The smallest absolute Gasteiger partial charge is 0.239 e. The number of piperidine rings is 1. The predicted octanol–water partition coefficient (Wildman–Crippen LogP) is 0.912. The van der Waals surface area contributed by atoms with E-state index in [1.165, 1.54) is 37.9 Å². The quantitative estimate of drug-likeness (QED) is 0.541. The first-order chi connectivity index (χ1) is 12.7. The fourth-order valence-electron chi connectivity index (χ4n) is 3.36. The van der Waals surface area contributed by atoms with E-state index < -0.39 is 0 Å². The van der Waals surface area contributed by atoms with Gasteiger partial charge in [0.2, 0.25) is 11.8 Å². The number of nitrogens with zero attached hydrogens (tertiary/aromatic N) is 1. The molecule has 0 spiro atoms. The Morgan fingerprint density at radius 3 is 2.46 bits per heavy atom. The van der Waals surface area contributed by atoms with Crippen LogP contribution in [0.25, 0.3) is 0 Å². The third kappa shape index (κ3) is 7.97. The van der Waals surface area contributed by atoms with Gasteiger partial charge in [0.1, 0.15) is 0 Å². The lowest BCUT2D eigenvalue weighted by molar-refractivity contribution is -0.125. The van der Waals surface area contributed by atoms with Crippen molar-refractivity contribution in [3.8, 4) is 0 Å². The summed E-state index contributed by atoms with van der Waals surface area (Å²) in [5.41, 5.74) is 6.62. The van der Waals surface area contributed by atoms with Gasteiger partial charge in [0.05, 0.1) is 13.1 Å². The van der Waals surface area contributed by atoms with Gasteiger partial charge in [0, 0.05) is 6.54 Å². The minimum atomic E-state index is -0.309. The van der Waals surface area contributed by atoms with Crippen LogP contribution in [0, 0.1) is 5.92 Å². The number of amides is 2. The van der Waals surface area contributed by atoms with Gasteiger partial charge in [0.25, 0.3) is 0 Å². The van der Waals surface area contributed by atoms with Crippen molar-refractivity contribution in [3.05, 3.63) is 35.9 Å². The lowest BCUT2D eigenvalue weighted by Crippen LogP contribution is -2.40. The Bertz CT molecular complexity index is 542. The van der Waals surface area contributed by atoms with E-state index in [-0.39, 0.29) is 24.9 Å². The van der Waals surface area contributed by atoms with E-state index in [1.807, 2.05) is 0 Å². The van der Waals surface area contributed by atoms with E-state index in [2.05, 4.69) is 45.9 Å². The maximum absolute atomic E-state index is 11.5. The maximum Gasteiger partial charge on any atom is 0.239 e. The lowest BCUT2D eigenvalue weighted by atomic mass is 9.90. The molecule has 0 atom stereocenters. The lowest BCUT2D eigenvalue weighted by Gasteiger charge is -2.32. The highest BCUT2D eigenvalue weighted by atomic mass is 16.2. The molecule has 1 fully saturated rings. The third-order valence-corrected chi connectivity index (χ3v) is 4.93. The average Bonchev–Trinajstić information content (AvgIpc) is 2.68. The van der Waals surface area contributed by atoms with Crippen LogP contribution in [0.2, 0.25) is 0 Å². The number of carbonyl (C=O) groups excluding carboxylic acids is 2. The van der Waals surface area contributed by atoms with Crippen LogP contribution in [0.1, 0.15) is 31.2 Å². The number of hydrogen-bond donors (Lipinski definition) is 3. The van der Waals surface area contributed by atoms with E-state index in [0.29, 0.717) is 6.54 Å². The fraction of sp³-hybridized carbons (Fsp3) is 0.600. The van der Waals surface area contributed by atoms with Gasteiger partial charge in [-0.05, 0) is 63.2 Å². The van der Waals surface area contributed by atoms with Crippen molar-refractivity contribution < 1.29 is 9.59 Å². The van der Waals surface area contributed by atoms with Crippen molar-refractivity contribution in [2.24, 2.45) is 11.7 Å². The van der Waals surface area contributed by atoms with Crippen LogP contribution in [0.15, 0.2) is 30.3 Å². The van der Waals surface area contributed by atoms with E-state index in [9.17, 15) is 9.59 Å². The van der Waals surface area contributed by atoms with Gasteiger partial charge in [-0.2, -0.15) is 0 Å². The summed E-state index contributed by atoms with van der Waals surface area (Å²) in [5, 5.41) is 5.28. The van der Waals surface area contributed by atoms with Gasteiger partial charge in [-0.1, -0.05) is 30.3 Å². The highest BCUT2D eigenvalue weighted by Crippen LogP contribution is 2.21. The highest BCUT2D eigenvalue weighted by molar-refractivity contribution is 5.85. The van der Waals surface area contributed by atoms with Gasteiger partial charge in [-0.3, -0.25) is 9.59 Å². The zero-order valence-corrected chi connectivity index (χ0v) is 15.6. The van der Waals surface area contributed by atoms with Gasteiger partial charge in [-0.15, -0.1) is 0 Å². The highest BCUT2D eigenvalue weighted by Gasteiger charge is 2.18. The van der Waals surface area contributed by atoms with Gasteiger partial charge >= 0.3 is 0 Å². The summed E-state index contributed by atoms with van der Waals surface area (Å²) in [7, 11) is 0. The number of carbonyl (C=O) groups is 2.